The topological polar surface area (TPSA) is 83.1 Å². The number of nitrogens with zero attached hydrogens (tertiary/aromatic N) is 2. The molecule has 28 heavy (non-hydrogen) atoms. The Morgan fingerprint density at radius 1 is 1.18 bits per heavy atom. The Balaban J connectivity index is 1.45. The predicted molar refractivity (Wildman–Crippen MR) is 107 cm³/mol. The summed E-state index contributed by atoms with van der Waals surface area (Å²) in [5.41, 5.74) is 0.734. The largest absolute Gasteiger partial charge is 0.493 e. The number of methoxy groups -OCH3 is 2. The van der Waals surface area contributed by atoms with Crippen LogP contribution in [0.4, 0.5) is 10.5 Å². The molecule has 2 aliphatic rings. The second kappa shape index (κ2) is 9.64. The van der Waals surface area contributed by atoms with Crippen molar-refractivity contribution >= 4 is 17.6 Å². The third-order valence-electron chi connectivity index (χ3n) is 5.27. The number of carbonyl (C=O) groups is 2. The van der Waals surface area contributed by atoms with E-state index in [1.165, 1.54) is 25.9 Å². The molecule has 0 saturated carbocycles. The molecule has 2 heterocycles. The highest BCUT2D eigenvalue weighted by atomic mass is 16.5. The van der Waals surface area contributed by atoms with Crippen molar-refractivity contribution < 1.29 is 19.1 Å². The molecule has 1 atom stereocenters. The fourth-order valence-corrected chi connectivity index (χ4v) is 3.79. The lowest BCUT2D eigenvalue weighted by molar-refractivity contribution is -0.117. The van der Waals surface area contributed by atoms with Crippen molar-refractivity contribution in [3.8, 4) is 11.5 Å². The lowest BCUT2D eigenvalue weighted by Gasteiger charge is -2.19. The molecule has 2 fully saturated rings. The molecule has 3 amide bonds. The zero-order chi connectivity index (χ0) is 19.9. The van der Waals surface area contributed by atoms with Gasteiger partial charge in [-0.25, -0.2) is 4.79 Å². The number of nitrogens with one attached hydrogen (secondary N) is 2. The number of ether oxygens (including phenoxy) is 2. The predicted octanol–water partition coefficient (Wildman–Crippen LogP) is 1.59. The minimum atomic E-state index is -0.214. The Bertz CT molecular complexity index is 691. The smallest absolute Gasteiger partial charge is 0.315 e. The Labute approximate surface area is 166 Å². The molecule has 0 bridgehead atoms. The minimum Gasteiger partial charge on any atom is -0.493 e. The number of anilines is 1. The number of hydrogen-bond acceptors (Lipinski definition) is 5. The lowest BCUT2D eigenvalue weighted by Crippen LogP contribution is -2.44. The Morgan fingerprint density at radius 2 is 1.93 bits per heavy atom. The molecule has 3 rings (SSSR count). The van der Waals surface area contributed by atoms with Gasteiger partial charge in [0.1, 0.15) is 0 Å². The van der Waals surface area contributed by atoms with E-state index in [2.05, 4.69) is 15.5 Å². The van der Waals surface area contributed by atoms with Gasteiger partial charge in [0.2, 0.25) is 5.91 Å². The first-order chi connectivity index (χ1) is 13.6. The van der Waals surface area contributed by atoms with Gasteiger partial charge in [-0.2, -0.15) is 0 Å². The zero-order valence-electron chi connectivity index (χ0n) is 16.7. The molecule has 154 valence electrons. The van der Waals surface area contributed by atoms with Gasteiger partial charge in [-0.3, -0.25) is 4.79 Å². The first-order valence-corrected chi connectivity index (χ1v) is 9.90. The van der Waals surface area contributed by atoms with Crippen molar-refractivity contribution in [1.82, 2.24) is 15.5 Å². The first-order valence-electron chi connectivity index (χ1n) is 9.90. The van der Waals surface area contributed by atoms with Gasteiger partial charge in [0.25, 0.3) is 0 Å². The normalized spacial score (nSPS) is 19.7. The maximum absolute atomic E-state index is 12.4. The molecule has 2 saturated heterocycles. The summed E-state index contributed by atoms with van der Waals surface area (Å²) in [7, 11) is 3.13. The number of carbonyl (C=O) groups excluding carboxylic acids is 2. The molecule has 0 aromatic heterocycles. The standard InChI is InChI=1S/C20H30N4O4/c1-27-17-7-6-16(13-18(17)28-2)24-14-15(12-19(24)25)22-20(26)21-8-5-11-23-9-3-4-10-23/h6-7,13,15H,3-5,8-12,14H2,1-2H3,(H2,21,22,26)/t15-/m0/s1. The average Bonchev–Trinajstić information content (AvgIpc) is 3.34. The summed E-state index contributed by atoms with van der Waals surface area (Å²) < 4.78 is 10.5. The van der Waals surface area contributed by atoms with Gasteiger partial charge in [-0.1, -0.05) is 0 Å². The molecule has 1 aromatic rings. The van der Waals surface area contributed by atoms with Crippen LogP contribution in [0.1, 0.15) is 25.7 Å². The van der Waals surface area contributed by atoms with Gasteiger partial charge in [0.15, 0.2) is 11.5 Å². The van der Waals surface area contributed by atoms with Crippen LogP contribution in [0, 0.1) is 0 Å². The number of amides is 3. The number of rotatable bonds is 8. The Hall–Kier alpha value is -2.48. The quantitative estimate of drug-likeness (QED) is 0.659. The van der Waals surface area contributed by atoms with Crippen LogP contribution in [0.15, 0.2) is 18.2 Å². The molecule has 0 spiro atoms. The van der Waals surface area contributed by atoms with Crippen LogP contribution >= 0.6 is 0 Å². The summed E-state index contributed by atoms with van der Waals surface area (Å²) in [5.74, 6) is 1.16. The van der Waals surface area contributed by atoms with Crippen LogP contribution in [0.5, 0.6) is 11.5 Å². The van der Waals surface area contributed by atoms with Gasteiger partial charge in [-0.05, 0) is 51.0 Å². The number of benzene rings is 1. The summed E-state index contributed by atoms with van der Waals surface area (Å²) in [4.78, 5) is 28.6. The van der Waals surface area contributed by atoms with Gasteiger partial charge in [0.05, 0.1) is 20.3 Å². The highest BCUT2D eigenvalue weighted by molar-refractivity contribution is 5.97. The highest BCUT2D eigenvalue weighted by Crippen LogP contribution is 2.33. The monoisotopic (exact) mass is 390 g/mol. The van der Waals surface area contributed by atoms with Crippen LogP contribution in [-0.4, -0.2) is 69.8 Å². The number of likely N-dealkylation sites (tertiary alicyclic amines) is 1. The third kappa shape index (κ3) is 5.07. The van der Waals surface area contributed by atoms with Crippen LogP contribution in [0.3, 0.4) is 0 Å². The molecular formula is C20H30N4O4. The molecule has 1 aromatic carbocycles. The van der Waals surface area contributed by atoms with E-state index < -0.39 is 0 Å². The van der Waals surface area contributed by atoms with Crippen LogP contribution in [-0.2, 0) is 4.79 Å². The van der Waals surface area contributed by atoms with E-state index in [-0.39, 0.29) is 24.4 Å². The Morgan fingerprint density at radius 3 is 2.64 bits per heavy atom. The van der Waals surface area contributed by atoms with Crippen LogP contribution in [0.2, 0.25) is 0 Å². The molecule has 2 aliphatic heterocycles. The van der Waals surface area contributed by atoms with E-state index in [9.17, 15) is 9.59 Å². The fraction of sp³-hybridized carbons (Fsp3) is 0.600. The van der Waals surface area contributed by atoms with Crippen LogP contribution in [0.25, 0.3) is 0 Å². The second-order valence-corrected chi connectivity index (χ2v) is 7.25. The minimum absolute atomic E-state index is 0.0217. The van der Waals surface area contributed by atoms with Crippen molar-refractivity contribution in [2.24, 2.45) is 0 Å². The van der Waals surface area contributed by atoms with E-state index in [0.29, 0.717) is 24.6 Å². The van der Waals surface area contributed by atoms with Crippen molar-refractivity contribution in [3.63, 3.8) is 0 Å². The van der Waals surface area contributed by atoms with E-state index in [4.69, 9.17) is 9.47 Å². The maximum atomic E-state index is 12.4. The number of hydrogen-bond donors (Lipinski definition) is 2. The van der Waals surface area contributed by atoms with Crippen molar-refractivity contribution in [3.05, 3.63) is 18.2 Å². The molecule has 8 heteroatoms. The van der Waals surface area contributed by atoms with E-state index in [1.54, 1.807) is 31.3 Å². The van der Waals surface area contributed by atoms with E-state index in [0.717, 1.165) is 18.7 Å². The van der Waals surface area contributed by atoms with Gasteiger partial charge >= 0.3 is 6.03 Å². The molecule has 0 radical (unpaired) electrons. The summed E-state index contributed by atoms with van der Waals surface area (Å²) in [6, 6.07) is 4.94. The van der Waals surface area contributed by atoms with Crippen molar-refractivity contribution in [2.45, 2.75) is 31.7 Å². The summed E-state index contributed by atoms with van der Waals surface area (Å²) in [5, 5.41) is 5.80. The second-order valence-electron chi connectivity index (χ2n) is 7.25. The van der Waals surface area contributed by atoms with Crippen molar-refractivity contribution in [2.75, 3.05) is 51.8 Å². The molecule has 2 N–H and O–H groups in total. The zero-order valence-corrected chi connectivity index (χ0v) is 16.7. The molecule has 8 nitrogen and oxygen atoms in total. The Kier molecular flexibility index (Phi) is 6.97. The van der Waals surface area contributed by atoms with Gasteiger partial charge in [0, 0.05) is 31.3 Å². The molecule has 0 unspecified atom stereocenters. The van der Waals surface area contributed by atoms with Crippen LogP contribution < -0.4 is 25.0 Å². The van der Waals surface area contributed by atoms with Gasteiger partial charge in [-0.15, -0.1) is 0 Å². The number of urea groups is 1. The summed E-state index contributed by atoms with van der Waals surface area (Å²) in [6.45, 7) is 4.44. The molecular weight excluding hydrogens is 360 g/mol. The van der Waals surface area contributed by atoms with Gasteiger partial charge < -0.3 is 29.9 Å². The van der Waals surface area contributed by atoms with E-state index in [1.807, 2.05) is 6.07 Å². The summed E-state index contributed by atoms with van der Waals surface area (Å²) in [6.07, 6.45) is 3.78. The SMILES string of the molecule is COc1ccc(N2C[C@@H](NC(=O)NCCCN3CCCC3)CC2=O)cc1OC. The van der Waals surface area contributed by atoms with E-state index >= 15 is 0 Å². The lowest BCUT2D eigenvalue weighted by atomic mass is 10.2. The average molecular weight is 390 g/mol. The molecule has 0 aliphatic carbocycles. The summed E-state index contributed by atoms with van der Waals surface area (Å²) >= 11 is 0. The van der Waals surface area contributed by atoms with Crippen molar-refractivity contribution in [1.29, 1.82) is 0 Å². The first kappa shape index (κ1) is 20.3. The fourth-order valence-electron chi connectivity index (χ4n) is 3.79. The highest BCUT2D eigenvalue weighted by Gasteiger charge is 2.32. The third-order valence-corrected chi connectivity index (χ3v) is 5.27. The maximum Gasteiger partial charge on any atom is 0.315 e.